The van der Waals surface area contributed by atoms with Crippen LogP contribution >= 0.6 is 0 Å². The average Bonchev–Trinajstić information content (AvgIpc) is 2.77. The van der Waals surface area contributed by atoms with E-state index in [1.165, 1.54) is 5.56 Å². The van der Waals surface area contributed by atoms with Crippen molar-refractivity contribution in [2.24, 2.45) is 0 Å². The second-order valence-corrected chi connectivity index (χ2v) is 5.72. The average molecular weight is 250 g/mol. The minimum Gasteiger partial charge on any atom is -0.393 e. The van der Waals surface area contributed by atoms with E-state index < -0.39 is 0 Å². The molecule has 0 bridgehead atoms. The smallest absolute Gasteiger partial charge is 0.223 e. The minimum atomic E-state index is -0.270. The van der Waals surface area contributed by atoms with Crippen LogP contribution in [0, 0.1) is 0 Å². The molecule has 2 rings (SSSR count). The Morgan fingerprint density at radius 1 is 1.61 bits per heavy atom. The number of aryl methyl sites for hydroxylation is 1. The Hall–Kier alpha value is -1.29. The van der Waals surface area contributed by atoms with Gasteiger partial charge >= 0.3 is 0 Å². The highest BCUT2D eigenvalue weighted by atomic mass is 16.3. The summed E-state index contributed by atoms with van der Waals surface area (Å²) in [4.78, 5) is 17.2. The fourth-order valence-electron chi connectivity index (χ4n) is 2.73. The highest BCUT2D eigenvalue weighted by Crippen LogP contribution is 2.28. The van der Waals surface area contributed by atoms with Crippen LogP contribution in [0.4, 0.5) is 0 Å². The van der Waals surface area contributed by atoms with Crippen molar-refractivity contribution in [3.63, 3.8) is 0 Å². The molecule has 0 aliphatic carbocycles. The predicted octanol–water partition coefficient (Wildman–Crippen LogP) is 1.71. The Morgan fingerprint density at radius 2 is 2.39 bits per heavy atom. The first kappa shape index (κ1) is 13.1. The first-order valence-electron chi connectivity index (χ1n) is 6.59. The van der Waals surface area contributed by atoms with Crippen molar-refractivity contribution in [2.45, 2.75) is 51.2 Å². The van der Waals surface area contributed by atoms with Crippen molar-refractivity contribution in [3.05, 3.63) is 24.0 Å². The van der Waals surface area contributed by atoms with Gasteiger partial charge in [0.05, 0.1) is 6.10 Å². The number of hydrogen-bond donors (Lipinski definition) is 2. The van der Waals surface area contributed by atoms with Crippen LogP contribution in [-0.4, -0.2) is 39.1 Å². The van der Waals surface area contributed by atoms with Gasteiger partial charge < -0.3 is 15.0 Å². The highest BCUT2D eigenvalue weighted by molar-refractivity contribution is 5.77. The van der Waals surface area contributed by atoms with Gasteiger partial charge in [-0.2, -0.15) is 0 Å². The van der Waals surface area contributed by atoms with E-state index in [9.17, 15) is 9.90 Å². The zero-order valence-electron chi connectivity index (χ0n) is 11.1. The summed E-state index contributed by atoms with van der Waals surface area (Å²) in [6.45, 7) is 4.73. The maximum Gasteiger partial charge on any atom is 0.223 e. The van der Waals surface area contributed by atoms with Crippen LogP contribution in [0.3, 0.4) is 0 Å². The maximum absolute atomic E-state index is 12.2. The van der Waals surface area contributed by atoms with E-state index in [0.29, 0.717) is 25.8 Å². The number of amides is 1. The van der Waals surface area contributed by atoms with E-state index >= 15 is 0 Å². The van der Waals surface area contributed by atoms with Gasteiger partial charge in [0.1, 0.15) is 0 Å². The highest BCUT2D eigenvalue weighted by Gasteiger charge is 2.36. The molecule has 1 aromatic rings. The Bertz CT molecular complexity index is 398. The lowest BCUT2D eigenvalue weighted by atomic mass is 9.88. The standard InChI is InChI=1S/C14H22N2O2/c1-14(2)9-12(17)6-8-16(14)13(18)4-3-11-5-7-15-10-11/h5,7,10,12,15,17H,3-4,6,8-9H2,1-2H3. The van der Waals surface area contributed by atoms with Crippen LogP contribution in [0.15, 0.2) is 18.5 Å². The third kappa shape index (κ3) is 2.93. The topological polar surface area (TPSA) is 56.3 Å². The number of carbonyl (C=O) groups is 1. The molecule has 0 spiro atoms. The molecule has 1 unspecified atom stereocenters. The number of aliphatic hydroxyl groups is 1. The molecule has 1 atom stereocenters. The zero-order valence-corrected chi connectivity index (χ0v) is 11.1. The molecule has 1 aliphatic rings. The lowest BCUT2D eigenvalue weighted by molar-refractivity contribution is -0.141. The molecule has 2 heterocycles. The summed E-state index contributed by atoms with van der Waals surface area (Å²) >= 11 is 0. The summed E-state index contributed by atoms with van der Waals surface area (Å²) in [6, 6.07) is 2.00. The molecule has 4 heteroatoms. The van der Waals surface area contributed by atoms with Crippen molar-refractivity contribution in [3.8, 4) is 0 Å². The number of carbonyl (C=O) groups excluding carboxylic acids is 1. The Balaban J connectivity index is 1.92. The van der Waals surface area contributed by atoms with E-state index in [-0.39, 0.29) is 17.6 Å². The summed E-state index contributed by atoms with van der Waals surface area (Å²) in [6.07, 6.45) is 6.21. The molecule has 2 N–H and O–H groups in total. The summed E-state index contributed by atoms with van der Waals surface area (Å²) in [7, 11) is 0. The molecule has 0 radical (unpaired) electrons. The second-order valence-electron chi connectivity index (χ2n) is 5.72. The number of hydrogen-bond acceptors (Lipinski definition) is 2. The second kappa shape index (κ2) is 5.14. The lowest BCUT2D eigenvalue weighted by Crippen LogP contribution is -2.54. The van der Waals surface area contributed by atoms with Gasteiger partial charge in [-0.25, -0.2) is 0 Å². The third-order valence-electron chi connectivity index (χ3n) is 3.74. The van der Waals surface area contributed by atoms with Crippen LogP contribution in [0.2, 0.25) is 0 Å². The SMILES string of the molecule is CC1(C)CC(O)CCN1C(=O)CCc1cc[nH]c1. The van der Waals surface area contributed by atoms with Crippen LogP contribution < -0.4 is 0 Å². The Labute approximate surface area is 108 Å². The van der Waals surface area contributed by atoms with Crippen LogP contribution in [0.1, 0.15) is 38.7 Å². The number of nitrogens with one attached hydrogen (secondary N) is 1. The molecule has 0 saturated carbocycles. The maximum atomic E-state index is 12.2. The number of nitrogens with zero attached hydrogens (tertiary/aromatic N) is 1. The lowest BCUT2D eigenvalue weighted by Gasteiger charge is -2.44. The molecule has 4 nitrogen and oxygen atoms in total. The van der Waals surface area contributed by atoms with Gasteiger partial charge in [0, 0.05) is 30.9 Å². The quantitative estimate of drug-likeness (QED) is 0.858. The zero-order chi connectivity index (χ0) is 13.2. The Kier molecular flexibility index (Phi) is 3.76. The van der Waals surface area contributed by atoms with Crippen LogP contribution in [0.5, 0.6) is 0 Å². The van der Waals surface area contributed by atoms with E-state index in [2.05, 4.69) is 4.98 Å². The number of piperidine rings is 1. The summed E-state index contributed by atoms with van der Waals surface area (Å²) in [5.74, 6) is 0.188. The predicted molar refractivity (Wildman–Crippen MR) is 70.1 cm³/mol. The molecule has 100 valence electrons. The van der Waals surface area contributed by atoms with Crippen molar-refractivity contribution in [1.82, 2.24) is 9.88 Å². The summed E-state index contributed by atoms with van der Waals surface area (Å²) in [5, 5.41) is 9.68. The number of rotatable bonds is 3. The Morgan fingerprint density at radius 3 is 3.00 bits per heavy atom. The van der Waals surface area contributed by atoms with E-state index in [4.69, 9.17) is 0 Å². The minimum absolute atomic E-state index is 0.188. The molecule has 18 heavy (non-hydrogen) atoms. The van der Waals surface area contributed by atoms with Crippen molar-refractivity contribution in [1.29, 1.82) is 0 Å². The van der Waals surface area contributed by atoms with Gasteiger partial charge in [-0.15, -0.1) is 0 Å². The van der Waals surface area contributed by atoms with Crippen molar-refractivity contribution < 1.29 is 9.90 Å². The number of likely N-dealkylation sites (tertiary alicyclic amines) is 1. The molecule has 1 saturated heterocycles. The van der Waals surface area contributed by atoms with E-state index in [0.717, 1.165) is 6.42 Å². The normalized spacial score (nSPS) is 23.1. The van der Waals surface area contributed by atoms with Crippen LogP contribution in [0.25, 0.3) is 0 Å². The molecule has 1 fully saturated rings. The third-order valence-corrected chi connectivity index (χ3v) is 3.74. The molecular weight excluding hydrogens is 228 g/mol. The van der Waals surface area contributed by atoms with Gasteiger partial charge in [0.15, 0.2) is 0 Å². The van der Waals surface area contributed by atoms with Gasteiger partial charge in [-0.1, -0.05) is 0 Å². The van der Waals surface area contributed by atoms with Crippen molar-refractivity contribution >= 4 is 5.91 Å². The van der Waals surface area contributed by atoms with Gasteiger partial charge in [0.25, 0.3) is 0 Å². The monoisotopic (exact) mass is 250 g/mol. The summed E-state index contributed by atoms with van der Waals surface area (Å²) in [5.41, 5.74) is 0.936. The molecule has 0 aromatic carbocycles. The van der Waals surface area contributed by atoms with Crippen molar-refractivity contribution in [2.75, 3.05) is 6.54 Å². The van der Waals surface area contributed by atoms with E-state index in [1.807, 2.05) is 37.2 Å². The number of aromatic nitrogens is 1. The molecule has 1 amide bonds. The first-order chi connectivity index (χ1) is 8.49. The van der Waals surface area contributed by atoms with Gasteiger partial charge in [-0.05, 0) is 44.7 Å². The van der Waals surface area contributed by atoms with Gasteiger partial charge in [-0.3, -0.25) is 4.79 Å². The van der Waals surface area contributed by atoms with E-state index in [1.54, 1.807) is 0 Å². The largest absolute Gasteiger partial charge is 0.393 e. The number of aliphatic hydroxyl groups excluding tert-OH is 1. The molecular formula is C14H22N2O2. The molecule has 1 aliphatic heterocycles. The number of H-pyrrole nitrogens is 1. The van der Waals surface area contributed by atoms with Crippen LogP contribution in [-0.2, 0) is 11.2 Å². The number of aromatic amines is 1. The fraction of sp³-hybridized carbons (Fsp3) is 0.643. The fourth-order valence-corrected chi connectivity index (χ4v) is 2.73. The summed E-state index contributed by atoms with van der Waals surface area (Å²) < 4.78 is 0. The van der Waals surface area contributed by atoms with Gasteiger partial charge in [0.2, 0.25) is 5.91 Å². The first-order valence-corrected chi connectivity index (χ1v) is 6.59. The molecule has 1 aromatic heterocycles.